The van der Waals surface area contributed by atoms with Crippen molar-refractivity contribution in [2.45, 2.75) is 6.92 Å². The third-order valence-electron chi connectivity index (χ3n) is 3.93. The summed E-state index contributed by atoms with van der Waals surface area (Å²) in [6.07, 6.45) is 2.97. The number of nitrogens with zero attached hydrogens (tertiary/aromatic N) is 2. The lowest BCUT2D eigenvalue weighted by Crippen LogP contribution is -2.11. The molecule has 0 unspecified atom stereocenters. The van der Waals surface area contributed by atoms with E-state index in [0.29, 0.717) is 27.0 Å². The van der Waals surface area contributed by atoms with Gasteiger partial charge in [0.2, 0.25) is 0 Å². The number of hydrogen-bond acceptors (Lipinski definition) is 5. The SMILES string of the molecule is Cc1nc(-c2ccc(F)cc2)sc1C(=O)Nc1cccc(-c2cnco2)c1. The smallest absolute Gasteiger partial charge is 0.267 e. The zero-order valence-corrected chi connectivity index (χ0v) is 15.1. The molecule has 0 aliphatic heterocycles. The van der Waals surface area contributed by atoms with Crippen LogP contribution in [0.25, 0.3) is 21.9 Å². The highest BCUT2D eigenvalue weighted by molar-refractivity contribution is 7.17. The molecule has 0 saturated carbocycles. The molecule has 0 spiro atoms. The number of benzene rings is 2. The second kappa shape index (κ2) is 7.13. The minimum Gasteiger partial charge on any atom is -0.444 e. The average molecular weight is 379 g/mol. The maximum absolute atomic E-state index is 13.1. The lowest BCUT2D eigenvalue weighted by atomic mass is 10.1. The van der Waals surface area contributed by atoms with Crippen LogP contribution in [0, 0.1) is 12.7 Å². The van der Waals surface area contributed by atoms with E-state index in [4.69, 9.17) is 4.42 Å². The van der Waals surface area contributed by atoms with E-state index < -0.39 is 0 Å². The van der Waals surface area contributed by atoms with Crippen molar-refractivity contribution in [1.29, 1.82) is 0 Å². The van der Waals surface area contributed by atoms with Crippen molar-refractivity contribution in [3.8, 4) is 21.9 Å². The van der Waals surface area contributed by atoms with E-state index >= 15 is 0 Å². The first-order chi connectivity index (χ1) is 13.1. The lowest BCUT2D eigenvalue weighted by molar-refractivity contribution is 0.103. The number of nitrogens with one attached hydrogen (secondary N) is 1. The van der Waals surface area contributed by atoms with Crippen molar-refractivity contribution >= 4 is 22.9 Å². The first kappa shape index (κ1) is 17.1. The minimum atomic E-state index is -0.309. The van der Waals surface area contributed by atoms with Gasteiger partial charge in [-0.25, -0.2) is 14.4 Å². The van der Waals surface area contributed by atoms with Crippen LogP contribution in [0.5, 0.6) is 0 Å². The topological polar surface area (TPSA) is 68.0 Å². The third kappa shape index (κ3) is 3.63. The van der Waals surface area contributed by atoms with Crippen molar-refractivity contribution in [2.75, 3.05) is 5.32 Å². The van der Waals surface area contributed by atoms with Crippen LogP contribution in [0.2, 0.25) is 0 Å². The summed E-state index contributed by atoms with van der Waals surface area (Å²) in [6.45, 7) is 1.78. The fourth-order valence-electron chi connectivity index (χ4n) is 2.62. The summed E-state index contributed by atoms with van der Waals surface area (Å²) >= 11 is 1.27. The van der Waals surface area contributed by atoms with E-state index in [0.717, 1.165) is 11.1 Å². The fourth-order valence-corrected chi connectivity index (χ4v) is 3.59. The van der Waals surface area contributed by atoms with Gasteiger partial charge in [0.15, 0.2) is 12.2 Å². The Bertz CT molecular complexity index is 1090. The van der Waals surface area contributed by atoms with Gasteiger partial charge in [0, 0.05) is 16.8 Å². The van der Waals surface area contributed by atoms with Crippen molar-refractivity contribution in [2.24, 2.45) is 0 Å². The molecule has 134 valence electrons. The quantitative estimate of drug-likeness (QED) is 0.531. The molecule has 4 aromatic rings. The van der Waals surface area contributed by atoms with Gasteiger partial charge in [0.1, 0.15) is 15.7 Å². The monoisotopic (exact) mass is 379 g/mol. The molecule has 1 N–H and O–H groups in total. The number of thiazole rings is 1. The van der Waals surface area contributed by atoms with E-state index in [1.807, 2.05) is 18.2 Å². The Balaban J connectivity index is 1.57. The number of rotatable bonds is 4. The van der Waals surface area contributed by atoms with Gasteiger partial charge in [-0.15, -0.1) is 11.3 Å². The van der Waals surface area contributed by atoms with E-state index in [2.05, 4.69) is 15.3 Å². The van der Waals surface area contributed by atoms with Crippen molar-refractivity contribution in [3.05, 3.63) is 77.5 Å². The maximum atomic E-state index is 13.1. The Hall–Kier alpha value is -3.32. The first-order valence-electron chi connectivity index (χ1n) is 8.14. The Kier molecular flexibility index (Phi) is 4.52. The summed E-state index contributed by atoms with van der Waals surface area (Å²) in [7, 11) is 0. The average Bonchev–Trinajstić information content (AvgIpc) is 3.32. The Morgan fingerprint density at radius 2 is 1.96 bits per heavy atom. The van der Waals surface area contributed by atoms with Gasteiger partial charge >= 0.3 is 0 Å². The Morgan fingerprint density at radius 3 is 2.70 bits per heavy atom. The van der Waals surface area contributed by atoms with Gasteiger partial charge in [0.25, 0.3) is 5.91 Å². The molecule has 0 atom stereocenters. The van der Waals surface area contributed by atoms with Gasteiger partial charge in [-0.05, 0) is 43.3 Å². The molecule has 4 rings (SSSR count). The van der Waals surface area contributed by atoms with Crippen molar-refractivity contribution in [3.63, 3.8) is 0 Å². The number of carbonyl (C=O) groups excluding carboxylic acids is 1. The molecule has 0 fully saturated rings. The van der Waals surface area contributed by atoms with Crippen LogP contribution < -0.4 is 5.32 Å². The summed E-state index contributed by atoms with van der Waals surface area (Å²) in [5.41, 5.74) is 2.86. The molecule has 2 aromatic carbocycles. The molecule has 0 aliphatic rings. The summed E-state index contributed by atoms with van der Waals surface area (Å²) in [5.74, 6) is 0.0726. The number of carbonyl (C=O) groups is 1. The van der Waals surface area contributed by atoms with Crippen LogP contribution in [-0.2, 0) is 0 Å². The summed E-state index contributed by atoms with van der Waals surface area (Å²) in [4.78, 5) is 21.6. The van der Waals surface area contributed by atoms with Gasteiger partial charge in [-0.1, -0.05) is 12.1 Å². The van der Waals surface area contributed by atoms with Crippen molar-refractivity contribution in [1.82, 2.24) is 9.97 Å². The second-order valence-electron chi connectivity index (χ2n) is 5.84. The number of amides is 1. The number of anilines is 1. The van der Waals surface area contributed by atoms with Crippen LogP contribution in [0.4, 0.5) is 10.1 Å². The maximum Gasteiger partial charge on any atom is 0.267 e. The minimum absolute atomic E-state index is 0.243. The molecule has 0 aliphatic carbocycles. The third-order valence-corrected chi connectivity index (χ3v) is 5.14. The predicted octanol–water partition coefficient (Wildman–Crippen LogP) is 5.16. The largest absolute Gasteiger partial charge is 0.444 e. The number of aryl methyl sites for hydroxylation is 1. The van der Waals surface area contributed by atoms with E-state index in [9.17, 15) is 9.18 Å². The second-order valence-corrected chi connectivity index (χ2v) is 6.84. The van der Waals surface area contributed by atoms with E-state index in [1.165, 1.54) is 29.9 Å². The molecule has 1 amide bonds. The normalized spacial score (nSPS) is 10.7. The van der Waals surface area contributed by atoms with Gasteiger partial charge < -0.3 is 9.73 Å². The molecule has 0 bridgehead atoms. The highest BCUT2D eigenvalue weighted by Crippen LogP contribution is 2.29. The van der Waals surface area contributed by atoms with Crippen LogP contribution in [0.1, 0.15) is 15.4 Å². The van der Waals surface area contributed by atoms with Crippen LogP contribution >= 0.6 is 11.3 Å². The van der Waals surface area contributed by atoms with E-state index in [1.54, 1.807) is 31.3 Å². The molecule has 5 nitrogen and oxygen atoms in total. The molecule has 2 aromatic heterocycles. The Labute approximate surface area is 158 Å². The zero-order chi connectivity index (χ0) is 18.8. The molecule has 27 heavy (non-hydrogen) atoms. The number of hydrogen-bond donors (Lipinski definition) is 1. The van der Waals surface area contributed by atoms with E-state index in [-0.39, 0.29) is 11.7 Å². The standard InChI is InChI=1S/C20H14FN3O2S/c1-12-18(27-20(23-12)13-5-7-15(21)8-6-13)19(25)24-16-4-2-3-14(9-16)17-10-22-11-26-17/h2-11H,1H3,(H,24,25). The molecular weight excluding hydrogens is 365 g/mol. The van der Waals surface area contributed by atoms with Crippen LogP contribution in [0.3, 0.4) is 0 Å². The Morgan fingerprint density at radius 1 is 1.15 bits per heavy atom. The summed E-state index contributed by atoms with van der Waals surface area (Å²) < 4.78 is 18.4. The molecule has 0 radical (unpaired) electrons. The zero-order valence-electron chi connectivity index (χ0n) is 14.3. The number of aromatic nitrogens is 2. The first-order valence-corrected chi connectivity index (χ1v) is 8.95. The molecular formula is C20H14FN3O2S. The summed E-state index contributed by atoms with van der Waals surface area (Å²) in [6, 6.07) is 13.4. The lowest BCUT2D eigenvalue weighted by Gasteiger charge is -2.05. The number of oxazole rings is 1. The fraction of sp³-hybridized carbons (Fsp3) is 0.0500. The van der Waals surface area contributed by atoms with Crippen LogP contribution in [0.15, 0.2) is 65.5 Å². The van der Waals surface area contributed by atoms with Gasteiger partial charge in [-0.2, -0.15) is 0 Å². The summed E-state index contributed by atoms with van der Waals surface area (Å²) in [5, 5.41) is 3.56. The highest BCUT2D eigenvalue weighted by Gasteiger charge is 2.17. The van der Waals surface area contributed by atoms with Gasteiger partial charge in [-0.3, -0.25) is 4.79 Å². The number of halogens is 1. The van der Waals surface area contributed by atoms with Crippen LogP contribution in [-0.4, -0.2) is 15.9 Å². The highest BCUT2D eigenvalue weighted by atomic mass is 32.1. The molecule has 7 heteroatoms. The predicted molar refractivity (Wildman–Crippen MR) is 102 cm³/mol. The molecule has 2 heterocycles. The molecule has 0 saturated heterocycles. The van der Waals surface area contributed by atoms with Crippen molar-refractivity contribution < 1.29 is 13.6 Å². The van der Waals surface area contributed by atoms with Gasteiger partial charge in [0.05, 0.1) is 11.9 Å².